The first-order valence-electron chi connectivity index (χ1n) is 10.5. The van der Waals surface area contributed by atoms with E-state index in [4.69, 9.17) is 10.5 Å². The van der Waals surface area contributed by atoms with Crippen LogP contribution in [0.25, 0.3) is 10.9 Å². The van der Waals surface area contributed by atoms with Gasteiger partial charge in [-0.3, -0.25) is 4.79 Å². The van der Waals surface area contributed by atoms with Crippen molar-refractivity contribution in [1.82, 2.24) is 4.57 Å². The van der Waals surface area contributed by atoms with Gasteiger partial charge in [-0.2, -0.15) is 0 Å². The highest BCUT2D eigenvalue weighted by Gasteiger charge is 2.56. The normalized spacial score (nSPS) is 31.8. The molecule has 166 valence electrons. The minimum atomic E-state index is -1.44. The Morgan fingerprint density at radius 2 is 2.06 bits per heavy atom. The molecule has 3 N–H and O–H groups in total. The molecule has 0 amide bonds. The molecule has 1 aromatic carbocycles. The van der Waals surface area contributed by atoms with Gasteiger partial charge < -0.3 is 25.0 Å². The predicted octanol–water partition coefficient (Wildman–Crippen LogP) is 2.84. The summed E-state index contributed by atoms with van der Waals surface area (Å²) in [6.07, 6.45) is 2.98. The lowest BCUT2D eigenvalue weighted by molar-refractivity contribution is 0.0694. The molecule has 1 aromatic heterocycles. The van der Waals surface area contributed by atoms with E-state index >= 15 is 4.39 Å². The van der Waals surface area contributed by atoms with Gasteiger partial charge in [0, 0.05) is 36.7 Å². The van der Waals surface area contributed by atoms with Gasteiger partial charge >= 0.3 is 5.97 Å². The Hall–Kier alpha value is -2.68. The summed E-state index contributed by atoms with van der Waals surface area (Å²) < 4.78 is 36.5. The highest BCUT2D eigenvalue weighted by atomic mass is 19.1. The number of alkyl halides is 1. The van der Waals surface area contributed by atoms with Crippen LogP contribution >= 0.6 is 0 Å². The van der Waals surface area contributed by atoms with Gasteiger partial charge in [-0.15, -0.1) is 0 Å². The number of halogens is 2. The maximum Gasteiger partial charge on any atom is 0.341 e. The number of hydrogen-bond acceptors (Lipinski definition) is 5. The number of nitrogens with two attached hydrogens (primary N) is 1. The molecule has 2 aliphatic carbocycles. The molecule has 1 aliphatic heterocycles. The number of carboxylic acids is 1. The van der Waals surface area contributed by atoms with Gasteiger partial charge in [0.05, 0.1) is 24.1 Å². The standard InChI is InChI=1S/C22H25F2N3O4/c1-21-4-3-5-22(21,25)10-26(9-21)17-14(24)6-11-16(19(17)31-2)27(15-7-13(15)23)8-12(18(11)28)20(29)30/h6,8,13,15H,3-5,7,9-10,25H2,1-2H3,(H,29,30)/t13-,15+,21+,22+/m0/s1. The fourth-order valence-electron chi connectivity index (χ4n) is 5.61. The van der Waals surface area contributed by atoms with E-state index in [9.17, 15) is 19.1 Å². The number of carboxylic acid groups (broad SMARTS) is 1. The van der Waals surface area contributed by atoms with Gasteiger partial charge in [0.1, 0.15) is 17.4 Å². The van der Waals surface area contributed by atoms with Crippen molar-refractivity contribution in [3.8, 4) is 5.75 Å². The topological polar surface area (TPSA) is 97.8 Å². The van der Waals surface area contributed by atoms with Gasteiger partial charge in [-0.25, -0.2) is 13.6 Å². The molecule has 31 heavy (non-hydrogen) atoms. The lowest BCUT2D eigenvalue weighted by Crippen LogP contribution is -2.49. The summed E-state index contributed by atoms with van der Waals surface area (Å²) in [7, 11) is 1.37. The fraction of sp³-hybridized carbons (Fsp3) is 0.545. The van der Waals surface area contributed by atoms with Crippen LogP contribution in [0.3, 0.4) is 0 Å². The minimum absolute atomic E-state index is 0.107. The van der Waals surface area contributed by atoms with E-state index < -0.39 is 40.5 Å². The number of fused-ring (bicyclic) bond motifs is 2. The predicted molar refractivity (Wildman–Crippen MR) is 111 cm³/mol. The van der Waals surface area contributed by atoms with Crippen LogP contribution < -0.4 is 20.8 Å². The molecule has 2 aromatic rings. The molecule has 9 heteroatoms. The molecule has 0 radical (unpaired) electrons. The third-order valence-electron chi connectivity index (χ3n) is 7.55. The largest absolute Gasteiger partial charge is 0.492 e. The number of pyridine rings is 1. The first kappa shape index (κ1) is 20.2. The number of hydrogen-bond donors (Lipinski definition) is 2. The number of ether oxygens (including phenoxy) is 1. The summed E-state index contributed by atoms with van der Waals surface area (Å²) in [4.78, 5) is 26.3. The van der Waals surface area contributed by atoms with Gasteiger partial charge in [0.25, 0.3) is 0 Å². The van der Waals surface area contributed by atoms with Crippen molar-refractivity contribution in [3.63, 3.8) is 0 Å². The summed E-state index contributed by atoms with van der Waals surface area (Å²) in [5.41, 5.74) is 5.12. The second-order valence-electron chi connectivity index (χ2n) is 9.47. The first-order valence-corrected chi connectivity index (χ1v) is 10.5. The molecule has 3 aliphatic rings. The van der Waals surface area contributed by atoms with Crippen LogP contribution in [-0.4, -0.2) is 47.6 Å². The smallest absolute Gasteiger partial charge is 0.341 e. The number of aromatic nitrogens is 1. The van der Waals surface area contributed by atoms with Gasteiger partial charge in [-0.1, -0.05) is 13.3 Å². The van der Waals surface area contributed by atoms with Crippen molar-refractivity contribution in [2.45, 2.75) is 50.4 Å². The average Bonchev–Trinajstić information content (AvgIpc) is 3.26. The third-order valence-corrected chi connectivity index (χ3v) is 7.55. The Bertz CT molecular complexity index is 1160. The summed E-state index contributed by atoms with van der Waals surface area (Å²) in [6.45, 7) is 3.09. The second-order valence-corrected chi connectivity index (χ2v) is 9.47. The van der Waals surface area contributed by atoms with E-state index in [0.29, 0.717) is 13.1 Å². The number of benzene rings is 1. The van der Waals surface area contributed by atoms with Crippen molar-refractivity contribution >= 4 is 22.6 Å². The van der Waals surface area contributed by atoms with Crippen LogP contribution in [0.4, 0.5) is 14.5 Å². The summed E-state index contributed by atoms with van der Waals surface area (Å²) in [5.74, 6) is -2.02. The molecule has 0 bridgehead atoms. The van der Waals surface area contributed by atoms with Crippen LogP contribution in [0, 0.1) is 11.2 Å². The zero-order valence-electron chi connectivity index (χ0n) is 17.5. The fourth-order valence-corrected chi connectivity index (χ4v) is 5.61. The Morgan fingerprint density at radius 1 is 1.35 bits per heavy atom. The molecule has 0 spiro atoms. The van der Waals surface area contributed by atoms with Gasteiger partial charge in [0.15, 0.2) is 11.6 Å². The molecule has 0 unspecified atom stereocenters. The molecule has 1 saturated heterocycles. The molecule has 4 atom stereocenters. The highest BCUT2D eigenvalue weighted by molar-refractivity contribution is 5.97. The van der Waals surface area contributed by atoms with Crippen LogP contribution in [-0.2, 0) is 0 Å². The Kier molecular flexibility index (Phi) is 4.19. The minimum Gasteiger partial charge on any atom is -0.492 e. The van der Waals surface area contributed by atoms with E-state index in [1.165, 1.54) is 11.7 Å². The number of nitrogens with zero attached hydrogens (tertiary/aromatic N) is 2. The molecule has 2 saturated carbocycles. The van der Waals surface area contributed by atoms with Crippen molar-refractivity contribution in [2.75, 3.05) is 25.1 Å². The van der Waals surface area contributed by atoms with E-state index in [2.05, 4.69) is 6.92 Å². The van der Waals surface area contributed by atoms with Crippen LogP contribution in [0.2, 0.25) is 0 Å². The quantitative estimate of drug-likeness (QED) is 0.770. The lowest BCUT2D eigenvalue weighted by atomic mass is 9.77. The lowest BCUT2D eigenvalue weighted by Gasteiger charge is -2.31. The van der Waals surface area contributed by atoms with Crippen molar-refractivity contribution in [1.29, 1.82) is 0 Å². The Balaban J connectivity index is 1.77. The van der Waals surface area contributed by atoms with Crippen molar-refractivity contribution in [3.05, 3.63) is 33.9 Å². The van der Waals surface area contributed by atoms with E-state index in [1.807, 2.05) is 4.90 Å². The van der Waals surface area contributed by atoms with Crippen molar-refractivity contribution in [2.24, 2.45) is 11.1 Å². The monoisotopic (exact) mass is 433 g/mol. The summed E-state index contributed by atoms with van der Waals surface area (Å²) in [6, 6.07) is 0.429. The highest BCUT2D eigenvalue weighted by Crippen LogP contribution is 2.53. The van der Waals surface area contributed by atoms with Crippen molar-refractivity contribution < 1.29 is 23.4 Å². The Morgan fingerprint density at radius 3 is 2.65 bits per heavy atom. The number of aromatic carboxylic acids is 1. The zero-order valence-corrected chi connectivity index (χ0v) is 17.5. The maximum atomic E-state index is 15.5. The first-order chi connectivity index (χ1) is 14.6. The van der Waals surface area contributed by atoms with E-state index in [-0.39, 0.29) is 34.2 Å². The molecular weight excluding hydrogens is 408 g/mol. The number of methoxy groups -OCH3 is 1. The Labute approximate surface area is 177 Å². The summed E-state index contributed by atoms with van der Waals surface area (Å²) >= 11 is 0. The van der Waals surface area contributed by atoms with E-state index in [1.54, 1.807) is 0 Å². The number of anilines is 1. The summed E-state index contributed by atoms with van der Waals surface area (Å²) in [5, 5.41) is 9.30. The van der Waals surface area contributed by atoms with Gasteiger partial charge in [-0.05, 0) is 18.9 Å². The molecule has 2 heterocycles. The third kappa shape index (κ3) is 2.71. The zero-order chi connectivity index (χ0) is 22.3. The molecule has 3 fully saturated rings. The van der Waals surface area contributed by atoms with E-state index in [0.717, 1.165) is 31.5 Å². The number of carbonyl (C=O) groups is 1. The molecular formula is C22H25F2N3O4. The maximum absolute atomic E-state index is 15.5. The van der Waals surface area contributed by atoms with Crippen LogP contribution in [0.15, 0.2) is 17.1 Å². The van der Waals surface area contributed by atoms with Crippen LogP contribution in [0.1, 0.15) is 49.0 Å². The molecule has 7 nitrogen and oxygen atoms in total. The van der Waals surface area contributed by atoms with Crippen LogP contribution in [0.5, 0.6) is 5.75 Å². The average molecular weight is 433 g/mol. The second kappa shape index (κ2) is 6.41. The number of rotatable bonds is 4. The SMILES string of the molecule is COc1c(N2C[C@@]3(C)CCC[C@@]3(N)C2)c(F)cc2c(=O)c(C(=O)O)cn([C@@H]3C[C@@H]3F)c12. The molecule has 5 rings (SSSR count). The van der Waals surface area contributed by atoms with Gasteiger partial charge in [0.2, 0.25) is 5.43 Å².